The van der Waals surface area contributed by atoms with Crippen molar-refractivity contribution in [2.24, 2.45) is 0 Å². The average Bonchev–Trinajstić information content (AvgIpc) is 2.32. The molecule has 0 fully saturated rings. The van der Waals surface area contributed by atoms with Gasteiger partial charge in [-0.15, -0.1) is 0 Å². The second kappa shape index (κ2) is 5.69. The van der Waals surface area contributed by atoms with Crippen molar-refractivity contribution < 1.29 is 23.8 Å². The molecule has 1 aliphatic rings. The summed E-state index contributed by atoms with van der Waals surface area (Å²) in [6.45, 7) is 3.71. The number of carbonyl (C=O) groups excluding carboxylic acids is 1. The Labute approximate surface area is 125 Å². The van der Waals surface area contributed by atoms with Crippen molar-refractivity contribution in [1.82, 2.24) is 0 Å². The molecule has 6 heteroatoms. The van der Waals surface area contributed by atoms with Crippen molar-refractivity contribution in [2.45, 2.75) is 38.4 Å². The van der Waals surface area contributed by atoms with Crippen LogP contribution in [0.2, 0.25) is 0 Å². The van der Waals surface area contributed by atoms with E-state index in [9.17, 15) is 14.3 Å². The van der Waals surface area contributed by atoms with Gasteiger partial charge < -0.3 is 14.6 Å². The molecule has 1 heterocycles. The molecule has 0 saturated heterocycles. The van der Waals surface area contributed by atoms with Crippen LogP contribution >= 0.6 is 15.9 Å². The minimum Gasteiger partial charge on any atom is -0.490 e. The fourth-order valence-corrected chi connectivity index (χ4v) is 3.21. The van der Waals surface area contributed by atoms with Gasteiger partial charge in [-0.1, -0.05) is 0 Å². The minimum atomic E-state index is -1.50. The van der Waals surface area contributed by atoms with E-state index >= 15 is 0 Å². The highest BCUT2D eigenvalue weighted by Gasteiger charge is 2.43. The van der Waals surface area contributed by atoms with Crippen molar-refractivity contribution in [1.29, 1.82) is 0 Å². The topological polar surface area (TPSA) is 55.8 Å². The third kappa shape index (κ3) is 2.81. The van der Waals surface area contributed by atoms with Crippen LogP contribution in [0.15, 0.2) is 16.6 Å². The Morgan fingerprint density at radius 3 is 3.00 bits per heavy atom. The Balaban J connectivity index is 2.45. The first-order valence-electron chi connectivity index (χ1n) is 6.40. The van der Waals surface area contributed by atoms with Gasteiger partial charge in [-0.25, -0.2) is 4.39 Å². The molecule has 0 spiro atoms. The fourth-order valence-electron chi connectivity index (χ4n) is 2.51. The van der Waals surface area contributed by atoms with Gasteiger partial charge in [0, 0.05) is 12.0 Å². The van der Waals surface area contributed by atoms with E-state index in [4.69, 9.17) is 9.47 Å². The number of ether oxygens (including phenoxy) is 2. The van der Waals surface area contributed by atoms with E-state index in [1.165, 1.54) is 12.1 Å². The van der Waals surface area contributed by atoms with Crippen molar-refractivity contribution in [3.63, 3.8) is 0 Å². The predicted molar refractivity (Wildman–Crippen MR) is 74.0 cm³/mol. The van der Waals surface area contributed by atoms with E-state index in [1.54, 1.807) is 13.8 Å². The molecule has 4 nitrogen and oxygen atoms in total. The Bertz CT molecular complexity index is 534. The highest BCUT2D eigenvalue weighted by atomic mass is 79.9. The Morgan fingerprint density at radius 2 is 2.35 bits per heavy atom. The zero-order valence-corrected chi connectivity index (χ0v) is 12.9. The summed E-state index contributed by atoms with van der Waals surface area (Å²) in [4.78, 5) is 11.7. The number of aliphatic hydroxyl groups is 1. The molecule has 2 rings (SSSR count). The van der Waals surface area contributed by atoms with Gasteiger partial charge in [-0.3, -0.25) is 4.79 Å². The second-order valence-electron chi connectivity index (χ2n) is 4.88. The number of hydrogen-bond acceptors (Lipinski definition) is 4. The van der Waals surface area contributed by atoms with Gasteiger partial charge in [0.25, 0.3) is 0 Å². The van der Waals surface area contributed by atoms with Crippen LogP contribution in [-0.4, -0.2) is 23.8 Å². The van der Waals surface area contributed by atoms with E-state index in [-0.39, 0.29) is 35.6 Å². The molecule has 20 heavy (non-hydrogen) atoms. The lowest BCUT2D eigenvalue weighted by atomic mass is 9.83. The van der Waals surface area contributed by atoms with Gasteiger partial charge in [0.15, 0.2) is 0 Å². The van der Waals surface area contributed by atoms with Gasteiger partial charge in [-0.05, 0) is 41.9 Å². The standard InChI is InChI=1S/C14H16BrFO4/c1-3-19-11(17)7-14(18)6-8(2)20-10-5-4-9(16)13(15)12(10)14/h4-5,8,18H,3,6-7H2,1-2H3/t8-,14-/m1/s1. The molecular weight excluding hydrogens is 331 g/mol. The number of hydrogen-bond donors (Lipinski definition) is 1. The average molecular weight is 347 g/mol. The third-order valence-electron chi connectivity index (χ3n) is 3.22. The highest BCUT2D eigenvalue weighted by Crippen LogP contribution is 2.46. The number of carbonyl (C=O) groups is 1. The van der Waals surface area contributed by atoms with Gasteiger partial charge in [0.05, 0.1) is 23.6 Å². The monoisotopic (exact) mass is 346 g/mol. The largest absolute Gasteiger partial charge is 0.490 e. The normalized spacial score (nSPS) is 24.8. The highest BCUT2D eigenvalue weighted by molar-refractivity contribution is 9.10. The molecule has 1 aromatic carbocycles. The van der Waals surface area contributed by atoms with Crippen LogP contribution in [0.3, 0.4) is 0 Å². The molecule has 0 bridgehead atoms. The molecular formula is C14H16BrFO4. The molecule has 0 unspecified atom stereocenters. The molecule has 0 radical (unpaired) electrons. The lowest BCUT2D eigenvalue weighted by molar-refractivity contribution is -0.151. The lowest BCUT2D eigenvalue weighted by Gasteiger charge is -2.37. The zero-order chi connectivity index (χ0) is 14.9. The van der Waals surface area contributed by atoms with Crippen molar-refractivity contribution in [2.75, 3.05) is 6.61 Å². The fraction of sp³-hybridized carbons (Fsp3) is 0.500. The van der Waals surface area contributed by atoms with E-state index < -0.39 is 17.4 Å². The molecule has 1 aliphatic heterocycles. The Morgan fingerprint density at radius 1 is 1.65 bits per heavy atom. The first-order chi connectivity index (χ1) is 9.37. The quantitative estimate of drug-likeness (QED) is 0.855. The van der Waals surface area contributed by atoms with Crippen LogP contribution < -0.4 is 4.74 Å². The van der Waals surface area contributed by atoms with Gasteiger partial charge in [0.1, 0.15) is 17.2 Å². The number of esters is 1. The van der Waals surface area contributed by atoms with Crippen LogP contribution in [0.25, 0.3) is 0 Å². The van der Waals surface area contributed by atoms with Crippen molar-refractivity contribution in [3.05, 3.63) is 28.0 Å². The summed E-state index contributed by atoms with van der Waals surface area (Å²) in [5.74, 6) is -0.653. The van der Waals surface area contributed by atoms with Crippen molar-refractivity contribution in [3.8, 4) is 5.75 Å². The summed E-state index contributed by atoms with van der Waals surface area (Å²) >= 11 is 3.12. The van der Waals surface area contributed by atoms with E-state index in [0.29, 0.717) is 5.75 Å². The molecule has 0 aliphatic carbocycles. The summed E-state index contributed by atoms with van der Waals surface area (Å²) in [7, 11) is 0. The van der Waals surface area contributed by atoms with Crippen LogP contribution in [-0.2, 0) is 15.1 Å². The van der Waals surface area contributed by atoms with Crippen LogP contribution in [0.4, 0.5) is 4.39 Å². The number of halogens is 2. The van der Waals surface area contributed by atoms with E-state index in [1.807, 2.05) is 0 Å². The Kier molecular flexibility index (Phi) is 4.34. The summed E-state index contributed by atoms with van der Waals surface area (Å²) in [5, 5.41) is 10.8. The first kappa shape index (κ1) is 15.3. The molecule has 1 aromatic rings. The molecule has 2 atom stereocenters. The second-order valence-corrected chi connectivity index (χ2v) is 5.67. The molecule has 0 amide bonds. The minimum absolute atomic E-state index is 0.119. The number of fused-ring (bicyclic) bond motifs is 1. The van der Waals surface area contributed by atoms with Gasteiger partial charge >= 0.3 is 5.97 Å². The molecule has 110 valence electrons. The maximum atomic E-state index is 13.7. The number of benzene rings is 1. The third-order valence-corrected chi connectivity index (χ3v) is 3.99. The lowest BCUT2D eigenvalue weighted by Crippen LogP contribution is -2.39. The summed E-state index contributed by atoms with van der Waals surface area (Å²) in [6, 6.07) is 2.72. The van der Waals surface area contributed by atoms with E-state index in [0.717, 1.165) is 0 Å². The maximum Gasteiger partial charge on any atom is 0.309 e. The molecule has 0 aromatic heterocycles. The first-order valence-corrected chi connectivity index (χ1v) is 7.20. The summed E-state index contributed by atoms with van der Waals surface area (Å²) in [5.41, 5.74) is -1.23. The smallest absolute Gasteiger partial charge is 0.309 e. The Hall–Kier alpha value is -1.14. The van der Waals surface area contributed by atoms with Crippen molar-refractivity contribution >= 4 is 21.9 Å². The predicted octanol–water partition coefficient (Wildman–Crippen LogP) is 2.90. The van der Waals surface area contributed by atoms with Gasteiger partial charge in [0.2, 0.25) is 0 Å². The van der Waals surface area contributed by atoms with Crippen LogP contribution in [0, 0.1) is 5.82 Å². The number of rotatable bonds is 3. The maximum absolute atomic E-state index is 13.7. The summed E-state index contributed by atoms with van der Waals surface area (Å²) in [6.07, 6.45) is -0.316. The molecule has 0 saturated carbocycles. The van der Waals surface area contributed by atoms with Crippen LogP contribution in [0.5, 0.6) is 5.75 Å². The molecule has 1 N–H and O–H groups in total. The SMILES string of the molecule is CCOC(=O)C[C@]1(O)C[C@@H](C)Oc2ccc(F)c(Br)c21. The summed E-state index contributed by atoms with van der Waals surface area (Å²) < 4.78 is 24.3. The zero-order valence-electron chi connectivity index (χ0n) is 11.3. The van der Waals surface area contributed by atoms with E-state index in [2.05, 4.69) is 15.9 Å². The van der Waals surface area contributed by atoms with Crippen LogP contribution in [0.1, 0.15) is 32.3 Å². The van der Waals surface area contributed by atoms with Gasteiger partial charge in [-0.2, -0.15) is 0 Å².